The van der Waals surface area contributed by atoms with Crippen LogP contribution >= 0.6 is 15.6 Å². The minimum Gasteiger partial charge on any atom is -0.463 e. The fourth-order valence-electron chi connectivity index (χ4n) is 9.69. The van der Waals surface area contributed by atoms with E-state index >= 15 is 0 Å². The molecule has 0 heterocycles. The van der Waals surface area contributed by atoms with Crippen molar-refractivity contribution in [2.45, 2.75) is 309 Å². The van der Waals surface area contributed by atoms with Crippen molar-refractivity contribution in [2.75, 3.05) is 39.6 Å². The van der Waals surface area contributed by atoms with Crippen molar-refractivity contribution in [1.29, 1.82) is 0 Å². The number of unbranched alkanes of at least 4 members (excludes halogenated alkanes) is 25. The molecule has 0 aromatic rings. The van der Waals surface area contributed by atoms with Crippen LogP contribution in [0.15, 0.2) is 134 Å². The lowest BCUT2D eigenvalue weighted by molar-refractivity contribution is -0.161. The van der Waals surface area contributed by atoms with Crippen molar-refractivity contribution in [1.82, 2.24) is 0 Å². The molecule has 16 nitrogen and oxygen atoms in total. The van der Waals surface area contributed by atoms with E-state index in [2.05, 4.69) is 154 Å². The Kier molecular flexibility index (Phi) is 68.3. The maximum absolute atomic E-state index is 12.9. The van der Waals surface area contributed by atoms with Crippen molar-refractivity contribution in [3.05, 3.63) is 134 Å². The minimum absolute atomic E-state index is 0.0801. The molecule has 4 N–H and O–H groups in total. The fraction of sp³-hybridized carbons (Fsp3) is 0.684. The summed E-state index contributed by atoms with van der Waals surface area (Å²) in [6.45, 7) is 2.33. The third-order valence-electron chi connectivity index (χ3n) is 15.3. The largest absolute Gasteiger partial charge is 0.472 e. The average molecular weight is 1400 g/mol. The summed E-state index contributed by atoms with van der Waals surface area (Å²) in [5.41, 5.74) is 0. The Labute approximate surface area is 588 Å². The number of hydrogen-bond donors (Lipinski definition) is 4. The molecule has 0 fully saturated rings. The van der Waals surface area contributed by atoms with E-state index in [1.54, 1.807) is 0 Å². The van der Waals surface area contributed by atoms with Crippen molar-refractivity contribution < 1.29 is 75.8 Å². The summed E-state index contributed by atoms with van der Waals surface area (Å²) in [6.07, 6.45) is 85.2. The van der Waals surface area contributed by atoms with Crippen molar-refractivity contribution in [3.8, 4) is 0 Å². The number of aliphatic hydroxyl groups is 2. The molecule has 556 valence electrons. The van der Waals surface area contributed by atoms with Gasteiger partial charge in [0, 0.05) is 19.3 Å². The number of esters is 3. The number of ether oxygens (including phenoxy) is 3. The molecule has 0 aromatic heterocycles. The Morgan fingerprint density at radius 3 is 0.866 bits per heavy atom. The van der Waals surface area contributed by atoms with E-state index in [0.717, 1.165) is 154 Å². The zero-order valence-electron chi connectivity index (χ0n) is 60.5. The molecule has 0 rings (SSSR count). The van der Waals surface area contributed by atoms with Gasteiger partial charge in [-0.25, -0.2) is 9.13 Å². The van der Waals surface area contributed by atoms with Crippen LogP contribution < -0.4 is 0 Å². The van der Waals surface area contributed by atoms with Gasteiger partial charge >= 0.3 is 33.6 Å². The van der Waals surface area contributed by atoms with E-state index in [1.165, 1.54) is 77.0 Å². The van der Waals surface area contributed by atoms with Gasteiger partial charge in [0.25, 0.3) is 0 Å². The smallest absolute Gasteiger partial charge is 0.463 e. The predicted molar refractivity (Wildman–Crippen MR) is 399 cm³/mol. The van der Waals surface area contributed by atoms with Gasteiger partial charge in [-0.15, -0.1) is 0 Å². The zero-order chi connectivity index (χ0) is 70.9. The van der Waals surface area contributed by atoms with Gasteiger partial charge < -0.3 is 34.2 Å². The van der Waals surface area contributed by atoms with Crippen LogP contribution in [0, 0.1) is 0 Å². The average Bonchev–Trinajstić information content (AvgIpc) is 1.62. The van der Waals surface area contributed by atoms with Crippen molar-refractivity contribution in [2.24, 2.45) is 0 Å². The highest BCUT2D eigenvalue weighted by atomic mass is 31.2. The topological polar surface area (TPSA) is 231 Å². The van der Waals surface area contributed by atoms with E-state index in [0.29, 0.717) is 19.3 Å². The van der Waals surface area contributed by atoms with Crippen LogP contribution in [-0.2, 0) is 55.8 Å². The maximum Gasteiger partial charge on any atom is 0.472 e. The first kappa shape index (κ1) is 92.7. The van der Waals surface area contributed by atoms with Gasteiger partial charge in [0.05, 0.1) is 26.4 Å². The van der Waals surface area contributed by atoms with Gasteiger partial charge in [-0.1, -0.05) is 276 Å². The summed E-state index contributed by atoms with van der Waals surface area (Å²) in [7, 11) is -9.79. The summed E-state index contributed by atoms with van der Waals surface area (Å²) in [5.74, 6) is -1.62. The first-order valence-corrected chi connectivity index (χ1v) is 40.5. The monoisotopic (exact) mass is 1400 g/mol. The Morgan fingerprint density at radius 1 is 0.299 bits per heavy atom. The molecule has 5 unspecified atom stereocenters. The number of carbonyl (C=O) groups is 3. The fourth-order valence-corrected chi connectivity index (χ4v) is 11.3. The van der Waals surface area contributed by atoms with Gasteiger partial charge in [-0.3, -0.25) is 32.5 Å². The SMILES string of the molecule is CC/C=C\C/C=C\C/C=C\C/C=C\C/C=C\CCCCCCCCCCCCCCCCCC(=O)OCC(O)COP(=O)(O)OCC(O)COP(=O)(O)OCC(COC(=O)CCCCCC/C=C\C/C=C\C/C=C\C/C=C\CC)OC(=O)CCCCCCC/C=C\C/C=C\CCC. The van der Waals surface area contributed by atoms with Gasteiger partial charge in [0.2, 0.25) is 0 Å². The molecule has 0 bridgehead atoms. The second-order valence-corrected chi connectivity index (χ2v) is 27.6. The molecular formula is C79H134O16P2. The number of allylic oxidation sites excluding steroid dienone is 22. The molecule has 5 atom stereocenters. The zero-order valence-corrected chi connectivity index (χ0v) is 62.2. The Balaban J connectivity index is 4.44. The summed E-state index contributed by atoms with van der Waals surface area (Å²) in [5, 5.41) is 20.6. The van der Waals surface area contributed by atoms with Crippen LogP contribution in [0.4, 0.5) is 0 Å². The van der Waals surface area contributed by atoms with E-state index in [-0.39, 0.29) is 19.3 Å². The molecule has 0 saturated heterocycles. The number of phosphoric ester groups is 2. The lowest BCUT2D eigenvalue weighted by Crippen LogP contribution is -2.30. The first-order chi connectivity index (χ1) is 47.2. The van der Waals surface area contributed by atoms with Crippen molar-refractivity contribution >= 4 is 33.6 Å². The van der Waals surface area contributed by atoms with Crippen LogP contribution in [0.1, 0.15) is 290 Å². The van der Waals surface area contributed by atoms with E-state index in [4.69, 9.17) is 32.3 Å². The standard InChI is InChI=1S/C79H134O16P2/c1-4-7-10-13-16-19-22-25-27-29-30-31-32-33-34-35-36-37-38-39-40-41-42-44-46-48-50-53-56-59-62-65-77(82)89-68-74(80)69-91-96(85,86)92-70-75(81)71-93-97(87,88)94-73-76(95-79(84)67-64-61-58-55-52-47-24-21-18-15-12-9-6-3)72-90-78(83)66-63-60-57-54-51-49-45-43-28-26-23-20-17-14-11-8-5-2/h7-8,10-12,15-17,19-21,24-28,30-31,33-34,45,49,74-76,80-81H,4-6,9,13-14,18,22-23,29,32,35-44,46-48,50-73H2,1-3H3,(H,85,86)(H,87,88)/b10-7-,11-8-,15-12-,19-16-,20-17-,24-21-,27-25-,28-26-,31-30-,34-33-,49-45-. The van der Waals surface area contributed by atoms with Gasteiger partial charge in [-0.05, 0) is 128 Å². The molecule has 97 heavy (non-hydrogen) atoms. The number of rotatable bonds is 70. The third kappa shape index (κ3) is 72.8. The molecular weight excluding hydrogens is 1270 g/mol. The van der Waals surface area contributed by atoms with Gasteiger partial charge in [0.15, 0.2) is 6.10 Å². The lowest BCUT2D eigenvalue weighted by atomic mass is 10.0. The summed E-state index contributed by atoms with van der Waals surface area (Å²) in [4.78, 5) is 58.4. The number of carbonyl (C=O) groups excluding carboxylic acids is 3. The van der Waals surface area contributed by atoms with Crippen LogP contribution in [0.25, 0.3) is 0 Å². The van der Waals surface area contributed by atoms with Crippen LogP contribution in [0.3, 0.4) is 0 Å². The van der Waals surface area contributed by atoms with Gasteiger partial charge in [-0.2, -0.15) is 0 Å². The Bertz CT molecular complexity index is 2300. The molecule has 0 aliphatic rings. The number of hydrogen-bond acceptors (Lipinski definition) is 14. The Morgan fingerprint density at radius 2 is 0.546 bits per heavy atom. The van der Waals surface area contributed by atoms with Gasteiger partial charge in [0.1, 0.15) is 25.4 Å². The molecule has 0 spiro atoms. The molecule has 0 aliphatic heterocycles. The van der Waals surface area contributed by atoms with E-state index in [1.807, 2.05) is 0 Å². The van der Waals surface area contributed by atoms with Crippen LogP contribution in [0.5, 0.6) is 0 Å². The van der Waals surface area contributed by atoms with Crippen LogP contribution in [0.2, 0.25) is 0 Å². The number of phosphoric acid groups is 2. The summed E-state index contributed by atoms with van der Waals surface area (Å²) >= 11 is 0. The molecule has 0 radical (unpaired) electrons. The second kappa shape index (κ2) is 71.5. The highest BCUT2D eigenvalue weighted by molar-refractivity contribution is 7.47. The highest BCUT2D eigenvalue weighted by Gasteiger charge is 2.29. The second-order valence-electron chi connectivity index (χ2n) is 24.7. The third-order valence-corrected chi connectivity index (χ3v) is 17.2. The molecule has 0 aliphatic carbocycles. The normalized spacial score (nSPS) is 14.8. The highest BCUT2D eigenvalue weighted by Crippen LogP contribution is 2.45. The molecule has 0 amide bonds. The maximum atomic E-state index is 12.9. The lowest BCUT2D eigenvalue weighted by Gasteiger charge is -2.21. The predicted octanol–water partition coefficient (Wildman–Crippen LogP) is 21.5. The first-order valence-electron chi connectivity index (χ1n) is 37.5. The quantitative estimate of drug-likeness (QED) is 0.0146. The molecule has 18 heteroatoms. The van der Waals surface area contributed by atoms with Crippen LogP contribution in [-0.4, -0.2) is 95.9 Å². The summed E-state index contributed by atoms with van der Waals surface area (Å²) in [6, 6.07) is 0. The summed E-state index contributed by atoms with van der Waals surface area (Å²) < 4.78 is 60.9. The number of aliphatic hydroxyl groups excluding tert-OH is 2. The van der Waals surface area contributed by atoms with Crippen molar-refractivity contribution in [3.63, 3.8) is 0 Å². The molecule has 0 aromatic carbocycles. The Hall–Kier alpha value is -4.31. The molecule has 0 saturated carbocycles. The minimum atomic E-state index is -4.94. The van der Waals surface area contributed by atoms with E-state index in [9.17, 15) is 43.5 Å². The van der Waals surface area contributed by atoms with E-state index < -0.39 is 91.5 Å².